The van der Waals surface area contributed by atoms with E-state index in [9.17, 15) is 0 Å². The van der Waals surface area contributed by atoms with Gasteiger partial charge in [-0.1, -0.05) is 6.42 Å². The van der Waals surface area contributed by atoms with Gasteiger partial charge in [0.2, 0.25) is 0 Å². The Morgan fingerprint density at radius 3 is 2.43 bits per heavy atom. The van der Waals surface area contributed by atoms with Gasteiger partial charge in [-0.25, -0.2) is 0 Å². The van der Waals surface area contributed by atoms with Crippen LogP contribution in [0.2, 0.25) is 0 Å². The first-order chi connectivity index (χ1) is 6.48. The van der Waals surface area contributed by atoms with Crippen molar-refractivity contribution in [3.05, 3.63) is 0 Å². The highest BCUT2D eigenvalue weighted by Crippen LogP contribution is 2.37. The van der Waals surface area contributed by atoms with E-state index in [1.54, 1.807) is 0 Å². The predicted molar refractivity (Wildman–Crippen MR) is 60.1 cm³/mol. The van der Waals surface area contributed by atoms with E-state index >= 15 is 0 Å². The lowest BCUT2D eigenvalue weighted by atomic mass is 9.78. The van der Waals surface area contributed by atoms with Crippen molar-refractivity contribution >= 4 is 0 Å². The second kappa shape index (κ2) is 3.49. The lowest BCUT2D eigenvalue weighted by Gasteiger charge is -2.32. The zero-order valence-electron chi connectivity index (χ0n) is 9.79. The summed E-state index contributed by atoms with van der Waals surface area (Å²) in [5, 5.41) is 0. The molecule has 3 unspecified atom stereocenters. The van der Waals surface area contributed by atoms with Crippen LogP contribution in [0, 0.1) is 11.8 Å². The molecule has 0 spiro atoms. The fourth-order valence-electron chi connectivity index (χ4n) is 3.06. The number of fused-ring (bicyclic) bond motifs is 1. The molecule has 0 aromatic rings. The van der Waals surface area contributed by atoms with Gasteiger partial charge in [0.15, 0.2) is 0 Å². The van der Waals surface area contributed by atoms with Crippen molar-refractivity contribution < 1.29 is 0 Å². The maximum atomic E-state index is 6.20. The molecule has 2 nitrogen and oxygen atoms in total. The number of rotatable bonds is 0. The van der Waals surface area contributed by atoms with E-state index in [-0.39, 0.29) is 0 Å². The monoisotopic (exact) mass is 196 g/mol. The molecule has 0 radical (unpaired) electrons. The minimum atomic E-state index is 0.330. The third kappa shape index (κ3) is 1.82. The summed E-state index contributed by atoms with van der Waals surface area (Å²) in [5.74, 6) is 1.67. The SMILES string of the molecule is CC(C)(C)N1CC2CCCC(N)C2C1. The van der Waals surface area contributed by atoms with Crippen molar-refractivity contribution in [1.29, 1.82) is 0 Å². The van der Waals surface area contributed by atoms with Gasteiger partial charge in [-0.15, -0.1) is 0 Å². The topological polar surface area (TPSA) is 29.3 Å². The summed E-state index contributed by atoms with van der Waals surface area (Å²) < 4.78 is 0. The van der Waals surface area contributed by atoms with Crippen LogP contribution in [-0.2, 0) is 0 Å². The fourth-order valence-corrected chi connectivity index (χ4v) is 3.06. The van der Waals surface area contributed by atoms with E-state index in [1.165, 1.54) is 32.4 Å². The van der Waals surface area contributed by atoms with Crippen LogP contribution in [0.15, 0.2) is 0 Å². The molecular weight excluding hydrogens is 172 g/mol. The Morgan fingerprint density at radius 1 is 1.14 bits per heavy atom. The van der Waals surface area contributed by atoms with Crippen LogP contribution in [0.3, 0.4) is 0 Å². The van der Waals surface area contributed by atoms with Gasteiger partial charge in [0.25, 0.3) is 0 Å². The minimum Gasteiger partial charge on any atom is -0.327 e. The molecule has 2 rings (SSSR count). The standard InChI is InChI=1S/C12H24N2/c1-12(2,3)14-7-9-5-4-6-11(13)10(9)8-14/h9-11H,4-8,13H2,1-3H3. The van der Waals surface area contributed by atoms with Crippen molar-refractivity contribution in [3.63, 3.8) is 0 Å². The van der Waals surface area contributed by atoms with Crippen LogP contribution >= 0.6 is 0 Å². The van der Waals surface area contributed by atoms with Crippen molar-refractivity contribution in [2.24, 2.45) is 17.6 Å². The summed E-state index contributed by atoms with van der Waals surface area (Å²) in [7, 11) is 0. The average molecular weight is 196 g/mol. The van der Waals surface area contributed by atoms with Crippen molar-refractivity contribution in [2.45, 2.75) is 51.6 Å². The smallest absolute Gasteiger partial charge is 0.0125 e. The van der Waals surface area contributed by atoms with Crippen LogP contribution in [0.5, 0.6) is 0 Å². The predicted octanol–water partition coefficient (Wildman–Crippen LogP) is 1.84. The molecule has 1 heterocycles. The molecule has 2 heteroatoms. The number of hydrogen-bond donors (Lipinski definition) is 1. The number of nitrogens with zero attached hydrogens (tertiary/aromatic N) is 1. The van der Waals surface area contributed by atoms with Crippen LogP contribution < -0.4 is 5.73 Å². The molecule has 1 saturated heterocycles. The number of likely N-dealkylation sites (tertiary alicyclic amines) is 1. The Kier molecular flexibility index (Phi) is 2.61. The Morgan fingerprint density at radius 2 is 1.86 bits per heavy atom. The lowest BCUT2D eigenvalue weighted by Crippen LogP contribution is -2.41. The second-order valence-electron chi connectivity index (χ2n) is 6.09. The quantitative estimate of drug-likeness (QED) is 0.640. The molecule has 0 aromatic carbocycles. The molecule has 2 aliphatic rings. The highest BCUT2D eigenvalue weighted by atomic mass is 15.2. The van der Waals surface area contributed by atoms with Gasteiger partial charge in [0, 0.05) is 24.7 Å². The van der Waals surface area contributed by atoms with Gasteiger partial charge in [-0.3, -0.25) is 4.90 Å². The zero-order chi connectivity index (χ0) is 10.3. The van der Waals surface area contributed by atoms with E-state index in [1.807, 2.05) is 0 Å². The zero-order valence-corrected chi connectivity index (χ0v) is 9.79. The molecule has 2 fully saturated rings. The molecule has 1 saturated carbocycles. The van der Waals surface area contributed by atoms with E-state index in [0.717, 1.165) is 11.8 Å². The second-order valence-corrected chi connectivity index (χ2v) is 6.09. The molecule has 0 amide bonds. The maximum absolute atomic E-state index is 6.20. The Bertz CT molecular complexity index is 207. The molecule has 1 aliphatic heterocycles. The Hall–Kier alpha value is -0.0800. The summed E-state index contributed by atoms with van der Waals surface area (Å²) in [6.07, 6.45) is 4.00. The van der Waals surface area contributed by atoms with E-state index in [0.29, 0.717) is 11.6 Å². The summed E-state index contributed by atoms with van der Waals surface area (Å²) in [6, 6.07) is 0.473. The average Bonchev–Trinajstić information content (AvgIpc) is 2.48. The van der Waals surface area contributed by atoms with E-state index in [4.69, 9.17) is 5.73 Å². The molecular formula is C12H24N2. The van der Waals surface area contributed by atoms with Crippen molar-refractivity contribution in [3.8, 4) is 0 Å². The van der Waals surface area contributed by atoms with Crippen molar-refractivity contribution in [1.82, 2.24) is 4.90 Å². The summed E-state index contributed by atoms with van der Waals surface area (Å²) in [5.41, 5.74) is 6.53. The van der Waals surface area contributed by atoms with E-state index < -0.39 is 0 Å². The molecule has 14 heavy (non-hydrogen) atoms. The van der Waals surface area contributed by atoms with Gasteiger partial charge in [-0.2, -0.15) is 0 Å². The first-order valence-corrected chi connectivity index (χ1v) is 5.99. The van der Waals surface area contributed by atoms with Gasteiger partial charge in [0.1, 0.15) is 0 Å². The number of hydrogen-bond acceptors (Lipinski definition) is 2. The molecule has 0 aromatic heterocycles. The first kappa shape index (κ1) is 10.4. The minimum absolute atomic E-state index is 0.330. The van der Waals surface area contributed by atoms with Gasteiger partial charge < -0.3 is 5.73 Å². The third-order valence-electron chi connectivity index (χ3n) is 4.10. The van der Waals surface area contributed by atoms with Crippen LogP contribution in [-0.4, -0.2) is 29.6 Å². The highest BCUT2D eigenvalue weighted by Gasteiger charge is 2.41. The largest absolute Gasteiger partial charge is 0.327 e. The summed E-state index contributed by atoms with van der Waals surface area (Å²) >= 11 is 0. The first-order valence-electron chi connectivity index (χ1n) is 5.99. The van der Waals surface area contributed by atoms with Crippen molar-refractivity contribution in [2.75, 3.05) is 13.1 Å². The summed E-state index contributed by atoms with van der Waals surface area (Å²) in [4.78, 5) is 2.62. The molecule has 0 bridgehead atoms. The maximum Gasteiger partial charge on any atom is 0.0125 e. The number of nitrogens with two attached hydrogens (primary N) is 1. The Balaban J connectivity index is 2.04. The summed E-state index contributed by atoms with van der Waals surface area (Å²) in [6.45, 7) is 9.46. The van der Waals surface area contributed by atoms with Crippen LogP contribution in [0.4, 0.5) is 0 Å². The third-order valence-corrected chi connectivity index (χ3v) is 4.10. The molecule has 1 aliphatic carbocycles. The fraction of sp³-hybridized carbons (Fsp3) is 1.00. The highest BCUT2D eigenvalue weighted by molar-refractivity contribution is 4.96. The van der Waals surface area contributed by atoms with E-state index in [2.05, 4.69) is 25.7 Å². The molecule has 82 valence electrons. The van der Waals surface area contributed by atoms with Gasteiger partial charge in [-0.05, 0) is 45.4 Å². The Labute approximate surface area is 87.8 Å². The molecule has 2 N–H and O–H groups in total. The normalized spacial score (nSPS) is 39.9. The lowest BCUT2D eigenvalue weighted by molar-refractivity contribution is 0.164. The molecule has 3 atom stereocenters. The van der Waals surface area contributed by atoms with Crippen LogP contribution in [0.25, 0.3) is 0 Å². The van der Waals surface area contributed by atoms with Gasteiger partial charge >= 0.3 is 0 Å². The van der Waals surface area contributed by atoms with Gasteiger partial charge in [0.05, 0.1) is 0 Å². The van der Waals surface area contributed by atoms with Crippen LogP contribution in [0.1, 0.15) is 40.0 Å².